The number of rotatable bonds is 1. The van der Waals surface area contributed by atoms with Crippen molar-refractivity contribution in [3.05, 3.63) is 51.8 Å². The second-order valence-corrected chi connectivity index (χ2v) is 3.97. The molecule has 0 radical (unpaired) electrons. The zero-order chi connectivity index (χ0) is 14.2. The van der Waals surface area contributed by atoms with Crippen molar-refractivity contribution in [3.8, 4) is 11.3 Å². The van der Waals surface area contributed by atoms with Crippen LogP contribution in [0.3, 0.4) is 0 Å². The zero-order valence-electron chi connectivity index (χ0n) is 9.68. The predicted octanol–water partition coefficient (Wildman–Crippen LogP) is 2.90. The molecule has 0 aliphatic heterocycles. The smallest absolute Gasteiger partial charge is 0.302 e. The zero-order valence-corrected chi connectivity index (χ0v) is 9.68. The molecule has 1 N–H and O–H groups in total. The van der Waals surface area contributed by atoms with Gasteiger partial charge in [0.2, 0.25) is 0 Å². The van der Waals surface area contributed by atoms with Crippen molar-refractivity contribution in [1.82, 2.24) is 9.97 Å². The van der Waals surface area contributed by atoms with E-state index in [0.717, 1.165) is 6.07 Å². The molecule has 0 bridgehead atoms. The first kappa shape index (κ1) is 13.3. The molecule has 1 heterocycles. The van der Waals surface area contributed by atoms with E-state index in [1.807, 2.05) is 0 Å². The van der Waals surface area contributed by atoms with E-state index in [9.17, 15) is 22.4 Å². The van der Waals surface area contributed by atoms with Crippen molar-refractivity contribution in [2.24, 2.45) is 0 Å². The number of benzene rings is 1. The third-order valence-electron chi connectivity index (χ3n) is 2.45. The molecule has 19 heavy (non-hydrogen) atoms. The Hall–Kier alpha value is -2.18. The van der Waals surface area contributed by atoms with Gasteiger partial charge in [-0.15, -0.1) is 0 Å². The fraction of sp³-hybridized carbons (Fsp3) is 0.167. The first-order chi connectivity index (χ1) is 8.77. The number of nitrogens with one attached hydrogen (secondary N) is 1. The van der Waals surface area contributed by atoms with Crippen molar-refractivity contribution < 1.29 is 17.6 Å². The van der Waals surface area contributed by atoms with Crippen molar-refractivity contribution in [2.75, 3.05) is 0 Å². The molecule has 2 aromatic rings. The third-order valence-corrected chi connectivity index (χ3v) is 2.45. The Bertz CT molecular complexity index is 676. The van der Waals surface area contributed by atoms with Gasteiger partial charge in [0.15, 0.2) is 0 Å². The van der Waals surface area contributed by atoms with Crippen molar-refractivity contribution in [3.63, 3.8) is 0 Å². The SMILES string of the molecule is Cc1ccc(F)c(-c2cc(C(F)(F)F)[nH]c(=O)n2)c1. The molecular weight excluding hydrogens is 264 g/mol. The normalized spacial score (nSPS) is 11.6. The van der Waals surface area contributed by atoms with E-state index >= 15 is 0 Å². The van der Waals surface area contributed by atoms with Gasteiger partial charge in [-0.05, 0) is 25.1 Å². The number of hydrogen-bond acceptors (Lipinski definition) is 2. The molecule has 1 aromatic carbocycles. The molecule has 100 valence electrons. The summed E-state index contributed by atoms with van der Waals surface area (Å²) in [6.07, 6.45) is -4.73. The van der Waals surface area contributed by atoms with Gasteiger partial charge in [-0.3, -0.25) is 0 Å². The van der Waals surface area contributed by atoms with Crippen LogP contribution in [0, 0.1) is 12.7 Å². The molecule has 0 spiro atoms. The molecule has 0 saturated carbocycles. The van der Waals surface area contributed by atoms with Gasteiger partial charge in [0.1, 0.15) is 11.5 Å². The maximum atomic E-state index is 13.6. The van der Waals surface area contributed by atoms with Gasteiger partial charge in [0.05, 0.1) is 5.69 Å². The Morgan fingerprint density at radius 2 is 1.89 bits per heavy atom. The number of aromatic amines is 1. The number of H-pyrrole nitrogens is 1. The van der Waals surface area contributed by atoms with Gasteiger partial charge in [-0.25, -0.2) is 9.18 Å². The summed E-state index contributed by atoms with van der Waals surface area (Å²) >= 11 is 0. The van der Waals surface area contributed by atoms with Crippen molar-refractivity contribution in [2.45, 2.75) is 13.1 Å². The van der Waals surface area contributed by atoms with Crippen LogP contribution >= 0.6 is 0 Å². The predicted molar refractivity (Wildman–Crippen MR) is 60.0 cm³/mol. The number of hydrogen-bond donors (Lipinski definition) is 1. The highest BCUT2D eigenvalue weighted by atomic mass is 19.4. The van der Waals surface area contributed by atoms with E-state index in [2.05, 4.69) is 4.98 Å². The monoisotopic (exact) mass is 272 g/mol. The topological polar surface area (TPSA) is 45.8 Å². The summed E-state index contributed by atoms with van der Waals surface area (Å²) in [6, 6.07) is 4.52. The van der Waals surface area contributed by atoms with Gasteiger partial charge < -0.3 is 4.98 Å². The Morgan fingerprint density at radius 1 is 1.21 bits per heavy atom. The summed E-state index contributed by atoms with van der Waals surface area (Å²) in [6.45, 7) is 1.65. The van der Waals surface area contributed by atoms with Crippen LogP contribution in [0.2, 0.25) is 0 Å². The van der Waals surface area contributed by atoms with Gasteiger partial charge in [-0.2, -0.15) is 18.2 Å². The first-order valence-electron chi connectivity index (χ1n) is 5.22. The summed E-state index contributed by atoms with van der Waals surface area (Å²) in [7, 11) is 0. The quantitative estimate of drug-likeness (QED) is 0.811. The Morgan fingerprint density at radius 3 is 2.53 bits per heavy atom. The standard InChI is InChI=1S/C12H8F4N2O/c1-6-2-3-8(13)7(4-6)9-5-10(12(14,15)16)18-11(19)17-9/h2-5H,1H3,(H,17,18,19). The molecule has 0 aliphatic rings. The van der Waals surface area contributed by atoms with Crippen LogP contribution in [0.15, 0.2) is 29.1 Å². The Balaban J connectivity index is 2.66. The number of aromatic nitrogens is 2. The highest BCUT2D eigenvalue weighted by Gasteiger charge is 2.32. The van der Waals surface area contributed by atoms with Crippen LogP contribution in [0.5, 0.6) is 0 Å². The minimum Gasteiger partial charge on any atom is -0.302 e. The molecule has 0 amide bonds. The minimum absolute atomic E-state index is 0.142. The highest BCUT2D eigenvalue weighted by Crippen LogP contribution is 2.29. The van der Waals surface area contributed by atoms with Crippen LogP contribution in [-0.4, -0.2) is 9.97 Å². The summed E-state index contributed by atoms with van der Waals surface area (Å²) in [4.78, 5) is 16.1. The maximum Gasteiger partial charge on any atom is 0.431 e. The fourth-order valence-electron chi connectivity index (χ4n) is 1.58. The van der Waals surface area contributed by atoms with Gasteiger partial charge in [0, 0.05) is 5.56 Å². The molecule has 3 nitrogen and oxygen atoms in total. The number of halogens is 4. The Labute approximate surface area is 104 Å². The van der Waals surface area contributed by atoms with Crippen LogP contribution in [-0.2, 0) is 6.18 Å². The van der Waals surface area contributed by atoms with E-state index in [0.29, 0.717) is 11.6 Å². The summed E-state index contributed by atoms with van der Waals surface area (Å²) in [5.41, 5.74) is -2.28. The van der Waals surface area contributed by atoms with Gasteiger partial charge >= 0.3 is 11.9 Å². The van der Waals surface area contributed by atoms with Gasteiger partial charge in [-0.1, -0.05) is 11.6 Å². The lowest BCUT2D eigenvalue weighted by Gasteiger charge is -2.08. The maximum absolute atomic E-state index is 13.6. The van der Waals surface area contributed by atoms with Crippen LogP contribution in [0.25, 0.3) is 11.3 Å². The number of nitrogens with zero attached hydrogens (tertiary/aromatic N) is 1. The third kappa shape index (κ3) is 2.81. The van der Waals surface area contributed by atoms with Gasteiger partial charge in [0.25, 0.3) is 0 Å². The lowest BCUT2D eigenvalue weighted by Crippen LogP contribution is -2.19. The molecule has 1 aromatic heterocycles. The first-order valence-corrected chi connectivity index (χ1v) is 5.22. The van der Waals surface area contributed by atoms with Crippen LogP contribution in [0.4, 0.5) is 17.6 Å². The second-order valence-electron chi connectivity index (χ2n) is 3.97. The number of aryl methyl sites for hydroxylation is 1. The van der Waals surface area contributed by atoms with E-state index < -0.39 is 23.4 Å². The van der Waals surface area contributed by atoms with Crippen LogP contribution in [0.1, 0.15) is 11.3 Å². The lowest BCUT2D eigenvalue weighted by molar-refractivity contribution is -0.141. The van der Waals surface area contributed by atoms with Crippen molar-refractivity contribution >= 4 is 0 Å². The van der Waals surface area contributed by atoms with Crippen molar-refractivity contribution in [1.29, 1.82) is 0 Å². The van der Waals surface area contributed by atoms with E-state index in [1.165, 1.54) is 12.1 Å². The average molecular weight is 272 g/mol. The lowest BCUT2D eigenvalue weighted by atomic mass is 10.1. The molecule has 0 aliphatic carbocycles. The van der Waals surface area contributed by atoms with Crippen LogP contribution < -0.4 is 5.69 Å². The molecule has 0 unspecified atom stereocenters. The van der Waals surface area contributed by atoms with E-state index in [-0.39, 0.29) is 11.3 Å². The number of alkyl halides is 3. The molecular formula is C12H8F4N2O. The largest absolute Gasteiger partial charge is 0.431 e. The Kier molecular flexibility index (Phi) is 3.13. The molecule has 0 fully saturated rings. The highest BCUT2D eigenvalue weighted by molar-refractivity contribution is 5.61. The fourth-order valence-corrected chi connectivity index (χ4v) is 1.58. The summed E-state index contributed by atoms with van der Waals surface area (Å²) < 4.78 is 51.2. The summed E-state index contributed by atoms with van der Waals surface area (Å²) in [5.74, 6) is -0.739. The summed E-state index contributed by atoms with van der Waals surface area (Å²) in [5, 5.41) is 0. The molecule has 7 heteroatoms. The minimum atomic E-state index is -4.73. The molecule has 2 rings (SSSR count). The molecule has 0 saturated heterocycles. The van der Waals surface area contributed by atoms with E-state index in [1.54, 1.807) is 11.9 Å². The molecule has 0 atom stereocenters. The van der Waals surface area contributed by atoms with E-state index in [4.69, 9.17) is 0 Å². The second kappa shape index (κ2) is 4.49. The average Bonchev–Trinajstić information content (AvgIpc) is 2.30.